The van der Waals surface area contributed by atoms with E-state index in [4.69, 9.17) is 4.74 Å². The van der Waals surface area contributed by atoms with Crippen LogP contribution >= 0.6 is 15.9 Å². The number of ether oxygens (including phenoxy) is 1. The van der Waals surface area contributed by atoms with Gasteiger partial charge in [-0.15, -0.1) is 0 Å². The van der Waals surface area contributed by atoms with Crippen molar-refractivity contribution >= 4 is 15.9 Å². The number of halogens is 1. The van der Waals surface area contributed by atoms with Crippen LogP contribution in [0.4, 0.5) is 0 Å². The van der Waals surface area contributed by atoms with Gasteiger partial charge in [0.1, 0.15) is 12.4 Å². The van der Waals surface area contributed by atoms with E-state index >= 15 is 0 Å². The lowest BCUT2D eigenvalue weighted by Crippen LogP contribution is -2.12. The van der Waals surface area contributed by atoms with Crippen molar-refractivity contribution in [3.63, 3.8) is 0 Å². The van der Waals surface area contributed by atoms with E-state index in [1.807, 2.05) is 31.3 Å². The highest BCUT2D eigenvalue weighted by Crippen LogP contribution is 2.19. The van der Waals surface area contributed by atoms with Gasteiger partial charge >= 0.3 is 0 Å². The first-order valence-electron chi connectivity index (χ1n) is 6.39. The van der Waals surface area contributed by atoms with Crippen LogP contribution < -0.4 is 10.1 Å². The van der Waals surface area contributed by atoms with Crippen LogP contribution in [0.15, 0.2) is 53.0 Å². The van der Waals surface area contributed by atoms with Crippen LogP contribution in [0.3, 0.4) is 0 Å². The molecule has 3 heteroatoms. The fourth-order valence-corrected chi connectivity index (χ4v) is 2.30. The maximum atomic E-state index is 5.84. The van der Waals surface area contributed by atoms with Crippen LogP contribution in [0.1, 0.15) is 11.1 Å². The molecule has 0 aliphatic carbocycles. The third-order valence-corrected chi connectivity index (χ3v) is 3.45. The third kappa shape index (κ3) is 4.37. The highest BCUT2D eigenvalue weighted by Gasteiger charge is 2.02. The lowest BCUT2D eigenvalue weighted by molar-refractivity contribution is 0.305. The second-order valence-electron chi connectivity index (χ2n) is 4.37. The van der Waals surface area contributed by atoms with E-state index in [1.54, 1.807) is 0 Å². The van der Waals surface area contributed by atoms with Gasteiger partial charge in [-0.2, -0.15) is 0 Å². The smallest absolute Gasteiger partial charge is 0.120 e. The van der Waals surface area contributed by atoms with Crippen molar-refractivity contribution in [1.82, 2.24) is 5.32 Å². The first kappa shape index (κ1) is 14.1. The van der Waals surface area contributed by atoms with Crippen LogP contribution in [0.2, 0.25) is 0 Å². The Balaban J connectivity index is 2.02. The third-order valence-electron chi connectivity index (χ3n) is 2.95. The molecule has 0 amide bonds. The largest absolute Gasteiger partial charge is 0.489 e. The number of likely N-dealkylation sites (N-methyl/N-ethyl adjacent to an activating group) is 1. The minimum atomic E-state index is 0.607. The van der Waals surface area contributed by atoms with E-state index in [0.717, 1.165) is 23.2 Å². The number of hydrogen-bond acceptors (Lipinski definition) is 2. The van der Waals surface area contributed by atoms with Crippen LogP contribution in [-0.2, 0) is 13.0 Å². The van der Waals surface area contributed by atoms with Crippen LogP contribution in [0.5, 0.6) is 5.75 Å². The maximum absolute atomic E-state index is 5.84. The molecule has 0 atom stereocenters. The van der Waals surface area contributed by atoms with Gasteiger partial charge in [0.05, 0.1) is 0 Å². The van der Waals surface area contributed by atoms with Gasteiger partial charge in [0.15, 0.2) is 0 Å². The van der Waals surface area contributed by atoms with Crippen molar-refractivity contribution in [2.24, 2.45) is 0 Å². The summed E-state index contributed by atoms with van der Waals surface area (Å²) in [6.45, 7) is 1.59. The first-order chi connectivity index (χ1) is 9.29. The lowest BCUT2D eigenvalue weighted by Gasteiger charge is -2.11. The Hall–Kier alpha value is -1.32. The molecule has 0 aliphatic heterocycles. The molecule has 100 valence electrons. The normalized spacial score (nSPS) is 10.4. The summed E-state index contributed by atoms with van der Waals surface area (Å²) < 4.78 is 6.88. The summed E-state index contributed by atoms with van der Waals surface area (Å²) >= 11 is 3.45. The molecule has 0 heterocycles. The topological polar surface area (TPSA) is 21.3 Å². The van der Waals surface area contributed by atoms with Gasteiger partial charge in [-0.25, -0.2) is 0 Å². The molecule has 0 saturated heterocycles. The zero-order valence-corrected chi connectivity index (χ0v) is 12.6. The Morgan fingerprint density at radius 1 is 1.05 bits per heavy atom. The average Bonchev–Trinajstić information content (AvgIpc) is 2.44. The highest BCUT2D eigenvalue weighted by molar-refractivity contribution is 9.10. The molecular formula is C16H18BrNO. The monoisotopic (exact) mass is 319 g/mol. The summed E-state index contributed by atoms with van der Waals surface area (Å²) in [5, 5.41) is 3.18. The molecular weight excluding hydrogens is 302 g/mol. The summed E-state index contributed by atoms with van der Waals surface area (Å²) in [6.07, 6.45) is 1.02. The summed E-state index contributed by atoms with van der Waals surface area (Å²) in [5.74, 6) is 0.887. The van der Waals surface area contributed by atoms with Gasteiger partial charge in [0.2, 0.25) is 0 Å². The molecule has 0 unspecified atom stereocenters. The second kappa shape index (κ2) is 7.31. The molecule has 19 heavy (non-hydrogen) atoms. The van der Waals surface area contributed by atoms with Crippen molar-refractivity contribution < 1.29 is 4.74 Å². The molecule has 2 rings (SSSR count). The zero-order valence-electron chi connectivity index (χ0n) is 11.0. The van der Waals surface area contributed by atoms with Crippen molar-refractivity contribution in [3.05, 3.63) is 64.1 Å². The lowest BCUT2D eigenvalue weighted by atomic mass is 10.1. The number of rotatable bonds is 6. The summed E-state index contributed by atoms with van der Waals surface area (Å²) in [4.78, 5) is 0. The van der Waals surface area contributed by atoms with Gasteiger partial charge in [-0.1, -0.05) is 46.3 Å². The van der Waals surface area contributed by atoms with E-state index in [9.17, 15) is 0 Å². The molecule has 0 bridgehead atoms. The number of benzene rings is 2. The van der Waals surface area contributed by atoms with Gasteiger partial charge in [-0.05, 0) is 49.3 Å². The minimum Gasteiger partial charge on any atom is -0.489 e. The van der Waals surface area contributed by atoms with Gasteiger partial charge in [-0.3, -0.25) is 0 Å². The van der Waals surface area contributed by atoms with Crippen molar-refractivity contribution in [1.29, 1.82) is 0 Å². The van der Waals surface area contributed by atoms with Crippen molar-refractivity contribution in [2.75, 3.05) is 13.6 Å². The predicted molar refractivity (Wildman–Crippen MR) is 82.5 cm³/mol. The van der Waals surface area contributed by atoms with Gasteiger partial charge in [0, 0.05) is 4.47 Å². The minimum absolute atomic E-state index is 0.607. The van der Waals surface area contributed by atoms with Crippen molar-refractivity contribution in [2.45, 2.75) is 13.0 Å². The van der Waals surface area contributed by atoms with E-state index in [2.05, 4.69) is 45.5 Å². The molecule has 1 N–H and O–H groups in total. The molecule has 0 aliphatic rings. The highest BCUT2D eigenvalue weighted by atomic mass is 79.9. The Morgan fingerprint density at radius 2 is 1.84 bits per heavy atom. The van der Waals surface area contributed by atoms with E-state index < -0.39 is 0 Å². The van der Waals surface area contributed by atoms with E-state index in [0.29, 0.717) is 6.61 Å². The van der Waals surface area contributed by atoms with Crippen molar-refractivity contribution in [3.8, 4) is 5.75 Å². The number of hydrogen-bond donors (Lipinski definition) is 1. The van der Waals surface area contributed by atoms with Gasteiger partial charge < -0.3 is 10.1 Å². The maximum Gasteiger partial charge on any atom is 0.120 e. The zero-order chi connectivity index (χ0) is 13.5. The molecule has 0 aromatic heterocycles. The molecule has 2 aromatic carbocycles. The molecule has 2 nitrogen and oxygen atoms in total. The van der Waals surface area contributed by atoms with Crippen LogP contribution in [0.25, 0.3) is 0 Å². The molecule has 0 spiro atoms. The predicted octanol–water partition coefficient (Wildman–Crippen LogP) is 3.79. The molecule has 0 radical (unpaired) electrons. The van der Waals surface area contributed by atoms with E-state index in [-0.39, 0.29) is 0 Å². The molecule has 0 saturated carbocycles. The molecule has 2 aromatic rings. The quantitative estimate of drug-likeness (QED) is 0.874. The summed E-state index contributed by atoms with van der Waals surface area (Å²) in [7, 11) is 1.97. The first-order valence-corrected chi connectivity index (χ1v) is 7.18. The molecule has 0 fully saturated rings. The second-order valence-corrected chi connectivity index (χ2v) is 5.28. The Morgan fingerprint density at radius 3 is 2.58 bits per heavy atom. The summed E-state index contributed by atoms with van der Waals surface area (Å²) in [6, 6.07) is 16.4. The number of nitrogens with one attached hydrogen (secondary N) is 1. The van der Waals surface area contributed by atoms with E-state index in [1.165, 1.54) is 11.1 Å². The standard InChI is InChI=1S/C16H18BrNO/c1-18-10-9-13-5-2-3-6-14(13)12-19-16-8-4-7-15(17)11-16/h2-8,11,18H,9-10,12H2,1H3. The fraction of sp³-hybridized carbons (Fsp3) is 0.250. The SMILES string of the molecule is CNCCc1ccccc1COc1cccc(Br)c1. The van der Waals surface area contributed by atoms with Crippen LogP contribution in [-0.4, -0.2) is 13.6 Å². The Bertz CT molecular complexity index is 528. The van der Waals surface area contributed by atoms with Crippen LogP contribution in [0, 0.1) is 0 Å². The Labute approximate surface area is 122 Å². The fourth-order valence-electron chi connectivity index (χ4n) is 1.92. The van der Waals surface area contributed by atoms with Gasteiger partial charge in [0.25, 0.3) is 0 Å². The Kier molecular flexibility index (Phi) is 5.43. The summed E-state index contributed by atoms with van der Waals surface area (Å²) in [5.41, 5.74) is 2.59. The average molecular weight is 320 g/mol.